The maximum Gasteiger partial charge on any atom is 0.356 e. The van der Waals surface area contributed by atoms with Crippen LogP contribution in [0.15, 0.2) is 91.5 Å². The van der Waals surface area contributed by atoms with Gasteiger partial charge in [-0.25, -0.2) is 9.78 Å². The Kier molecular flexibility index (Phi) is 11.2. The molecule has 1 fully saturated rings. The van der Waals surface area contributed by atoms with Gasteiger partial charge in [0.1, 0.15) is 17.1 Å². The van der Waals surface area contributed by atoms with E-state index < -0.39 is 35.3 Å². The predicted molar refractivity (Wildman–Crippen MR) is 191 cm³/mol. The molecular weight excluding hydrogens is 732 g/mol. The van der Waals surface area contributed by atoms with Crippen molar-refractivity contribution >= 4 is 104 Å². The molecule has 0 bridgehead atoms. The summed E-state index contributed by atoms with van der Waals surface area (Å²) in [7, 11) is 0. The maximum atomic E-state index is 14.2. The molecule has 1 unspecified atom stereocenters. The van der Waals surface area contributed by atoms with Crippen LogP contribution in [0, 0.1) is 0 Å². The Morgan fingerprint density at radius 3 is 2.42 bits per heavy atom. The van der Waals surface area contributed by atoms with Crippen molar-refractivity contribution in [1.29, 1.82) is 0 Å². The second-order valence-electron chi connectivity index (χ2n) is 10.1. The zero-order valence-corrected chi connectivity index (χ0v) is 29.7. The highest BCUT2D eigenvalue weighted by molar-refractivity contribution is 8.03. The van der Waals surface area contributed by atoms with Crippen LogP contribution in [-0.4, -0.2) is 73.5 Å². The van der Waals surface area contributed by atoms with Crippen LogP contribution in [0.4, 0.5) is 5.13 Å². The third kappa shape index (κ3) is 7.33. The van der Waals surface area contributed by atoms with Crippen molar-refractivity contribution in [2.24, 2.45) is 0 Å². The number of amides is 3. The van der Waals surface area contributed by atoms with Crippen LogP contribution >= 0.6 is 69.6 Å². The molecule has 2 atom stereocenters. The lowest BCUT2D eigenvalue weighted by molar-refractivity contribution is -0.154. The fourth-order valence-electron chi connectivity index (χ4n) is 4.97. The number of halogens is 1. The van der Waals surface area contributed by atoms with Gasteiger partial charge in [-0.1, -0.05) is 107 Å². The van der Waals surface area contributed by atoms with E-state index in [1.54, 1.807) is 5.38 Å². The number of ether oxygens (including phenoxy) is 1. The number of thioether (sulfide) groups is 3. The van der Waals surface area contributed by atoms with Gasteiger partial charge in [0, 0.05) is 22.4 Å². The standard InChI is InChI=1S/C31H25ClN6O5S5/c1-44-30-36-37-31(48-30)47-14-19-13-45-27-22(35-25(40)20(12-32)21-15-46-29(34-21)33-16-39)26(41)38(27)23(19)28(42)43-24(17-8-4-2-5-9-17)18-10-6-3-7-11-18/h2-12,15-16,22,24,27H,13-14H2,1H3,(H,35,40)(H,33,34,39)/t22?,27-/m0/s1. The summed E-state index contributed by atoms with van der Waals surface area (Å²) in [5.41, 5.74) is 3.78. The Balaban J connectivity index is 1.27. The predicted octanol–water partition coefficient (Wildman–Crippen LogP) is 5.64. The van der Waals surface area contributed by atoms with Gasteiger partial charge in [0.15, 0.2) is 19.9 Å². The van der Waals surface area contributed by atoms with Gasteiger partial charge in [-0.05, 0) is 23.0 Å². The number of carbonyl (C=O) groups excluding carboxylic acids is 4. The minimum atomic E-state index is -0.927. The van der Waals surface area contributed by atoms with Crippen molar-refractivity contribution in [3.05, 3.63) is 99.7 Å². The van der Waals surface area contributed by atoms with E-state index in [0.717, 1.165) is 36.7 Å². The number of esters is 1. The first-order valence-electron chi connectivity index (χ1n) is 14.2. The molecule has 246 valence electrons. The lowest BCUT2D eigenvalue weighted by Gasteiger charge is -2.49. The smallest absolute Gasteiger partial charge is 0.356 e. The summed E-state index contributed by atoms with van der Waals surface area (Å²) in [6.07, 6.45) is 1.69. The van der Waals surface area contributed by atoms with Crippen LogP contribution in [0.25, 0.3) is 5.57 Å². The van der Waals surface area contributed by atoms with Gasteiger partial charge in [-0.15, -0.1) is 33.3 Å². The molecule has 0 radical (unpaired) electrons. The zero-order chi connectivity index (χ0) is 33.6. The second kappa shape index (κ2) is 15.7. The summed E-state index contributed by atoms with van der Waals surface area (Å²) in [6.45, 7) is 0. The second-order valence-corrected chi connectivity index (χ2v) is 15.5. The number of β-lactam (4-membered cyclic amide) rings is 1. The van der Waals surface area contributed by atoms with Crippen LogP contribution in [0.5, 0.6) is 0 Å². The first-order chi connectivity index (χ1) is 23.4. The highest BCUT2D eigenvalue weighted by Crippen LogP contribution is 2.43. The Hall–Kier alpha value is -3.67. The molecule has 11 nitrogen and oxygen atoms in total. The Morgan fingerprint density at radius 1 is 1.10 bits per heavy atom. The zero-order valence-electron chi connectivity index (χ0n) is 24.9. The van der Waals surface area contributed by atoms with E-state index >= 15 is 0 Å². The number of hydrogen-bond acceptors (Lipinski definition) is 13. The largest absolute Gasteiger partial charge is 0.448 e. The van der Waals surface area contributed by atoms with E-state index in [1.807, 2.05) is 66.9 Å². The van der Waals surface area contributed by atoms with E-state index in [0.29, 0.717) is 28.6 Å². The molecule has 2 aliphatic rings. The number of fused-ring (bicyclic) bond motifs is 1. The van der Waals surface area contributed by atoms with Crippen molar-refractivity contribution in [3.63, 3.8) is 0 Å². The fraction of sp³-hybridized carbons (Fsp3) is 0.194. The number of nitrogens with zero attached hydrogens (tertiary/aromatic N) is 4. The van der Waals surface area contributed by atoms with Gasteiger partial charge in [-0.2, -0.15) is 0 Å². The van der Waals surface area contributed by atoms with Crippen LogP contribution in [0.2, 0.25) is 0 Å². The molecule has 4 heterocycles. The third-order valence-corrected chi connectivity index (χ3v) is 12.7. The number of anilines is 1. The monoisotopic (exact) mass is 756 g/mol. The van der Waals surface area contributed by atoms with Crippen molar-refractivity contribution in [2.45, 2.75) is 26.2 Å². The average Bonchev–Trinajstić information content (AvgIpc) is 3.79. The molecule has 2 aromatic heterocycles. The topological polar surface area (TPSA) is 143 Å². The SMILES string of the molecule is CSc1nnc(SCC2=C(C(=O)OC(c3ccccc3)c3ccccc3)N3C(=O)C(NC(=O)C(=CCl)c4csc(NC=O)n4)[C@@H]3SC2)s1. The minimum Gasteiger partial charge on any atom is -0.448 e. The van der Waals surface area contributed by atoms with Gasteiger partial charge in [0.25, 0.3) is 11.8 Å². The van der Waals surface area contributed by atoms with Crippen LogP contribution in [-0.2, 0) is 23.9 Å². The van der Waals surface area contributed by atoms with Gasteiger partial charge >= 0.3 is 5.97 Å². The number of nitrogens with one attached hydrogen (secondary N) is 2. The number of hydrogen-bond donors (Lipinski definition) is 2. The van der Waals surface area contributed by atoms with Crippen molar-refractivity contribution in [1.82, 2.24) is 25.4 Å². The summed E-state index contributed by atoms with van der Waals surface area (Å²) in [5.74, 6) is -0.918. The number of carbonyl (C=O) groups is 4. The summed E-state index contributed by atoms with van der Waals surface area (Å²) in [4.78, 5) is 57.7. The molecule has 1 saturated heterocycles. The van der Waals surface area contributed by atoms with E-state index in [-0.39, 0.29) is 17.0 Å². The molecule has 3 amide bonds. The third-order valence-electron chi connectivity index (χ3n) is 7.21. The molecule has 17 heteroatoms. The summed E-state index contributed by atoms with van der Waals surface area (Å²) in [6, 6.07) is 17.9. The maximum absolute atomic E-state index is 14.2. The van der Waals surface area contributed by atoms with E-state index in [9.17, 15) is 19.2 Å². The minimum absolute atomic E-state index is 0.0291. The number of rotatable bonds is 13. The van der Waals surface area contributed by atoms with Crippen LogP contribution < -0.4 is 10.6 Å². The quantitative estimate of drug-likeness (QED) is 0.0575. The molecule has 0 spiro atoms. The molecule has 48 heavy (non-hydrogen) atoms. The van der Waals surface area contributed by atoms with Gasteiger partial charge in [0.2, 0.25) is 6.41 Å². The molecular formula is C31H25ClN6O5S5. The number of thiazole rings is 1. The van der Waals surface area contributed by atoms with Crippen LogP contribution in [0.1, 0.15) is 22.9 Å². The molecule has 0 aliphatic carbocycles. The van der Waals surface area contributed by atoms with Crippen molar-refractivity contribution in [3.8, 4) is 0 Å². The Labute approximate surface area is 301 Å². The molecule has 6 rings (SSSR count). The summed E-state index contributed by atoms with van der Waals surface area (Å²) < 4.78 is 7.80. The molecule has 2 aromatic carbocycles. The van der Waals surface area contributed by atoms with E-state index in [1.165, 1.54) is 51.5 Å². The summed E-state index contributed by atoms with van der Waals surface area (Å²) >= 11 is 13.0. The van der Waals surface area contributed by atoms with Crippen LogP contribution in [0.3, 0.4) is 0 Å². The highest BCUT2D eigenvalue weighted by atomic mass is 35.5. The van der Waals surface area contributed by atoms with Gasteiger partial charge in [-0.3, -0.25) is 19.3 Å². The van der Waals surface area contributed by atoms with Gasteiger partial charge < -0.3 is 15.4 Å². The Bertz CT molecular complexity index is 1850. The van der Waals surface area contributed by atoms with E-state index in [2.05, 4.69) is 25.8 Å². The lowest BCUT2D eigenvalue weighted by atomic mass is 10.0. The molecule has 2 aliphatic heterocycles. The molecule has 0 saturated carbocycles. The Morgan fingerprint density at radius 2 is 1.79 bits per heavy atom. The van der Waals surface area contributed by atoms with Gasteiger partial charge in [0.05, 0.1) is 11.3 Å². The number of aromatic nitrogens is 3. The number of benzene rings is 2. The summed E-state index contributed by atoms with van der Waals surface area (Å²) in [5, 5.41) is 14.9. The first kappa shape index (κ1) is 34.2. The fourth-order valence-corrected chi connectivity index (χ4v) is 9.78. The van der Waals surface area contributed by atoms with Crippen molar-refractivity contribution in [2.75, 3.05) is 23.1 Å². The highest BCUT2D eigenvalue weighted by Gasteiger charge is 2.54. The normalized spacial score (nSPS) is 17.5. The van der Waals surface area contributed by atoms with E-state index in [4.69, 9.17) is 16.3 Å². The first-order valence-corrected chi connectivity index (χ1v) is 19.6. The molecule has 4 aromatic rings. The average molecular weight is 757 g/mol. The lowest BCUT2D eigenvalue weighted by Crippen LogP contribution is -2.70. The molecule has 2 N–H and O–H groups in total. The van der Waals surface area contributed by atoms with Crippen molar-refractivity contribution < 1.29 is 23.9 Å².